The number of rotatable bonds is 4. The summed E-state index contributed by atoms with van der Waals surface area (Å²) in [4.78, 5) is 0. The molecular weight excluding hydrogens is 215 g/mol. The minimum atomic E-state index is 0. The van der Waals surface area contributed by atoms with E-state index in [-0.39, 0.29) is 31.0 Å². The maximum absolute atomic E-state index is 3.84. The molecule has 0 nitrogen and oxygen atoms in total. The molecule has 0 N–H and O–H groups in total. The minimum absolute atomic E-state index is 0. The maximum atomic E-state index is 3.84. The Bertz CT molecular complexity index is 532. The van der Waals surface area contributed by atoms with E-state index in [9.17, 15) is 0 Å². The molecule has 0 bridgehead atoms. The van der Waals surface area contributed by atoms with Gasteiger partial charge in [0.05, 0.1) is 0 Å². The van der Waals surface area contributed by atoms with Gasteiger partial charge in [-0.25, -0.2) is 0 Å². The molecule has 2 aromatic rings. The second kappa shape index (κ2) is 6.80. The first-order valence-electron chi connectivity index (χ1n) is 5.58. The summed E-state index contributed by atoms with van der Waals surface area (Å²) in [5, 5.41) is 2.63. The Balaban J connectivity index is 0.00000144. The molecule has 0 saturated heterocycles. The fourth-order valence-corrected chi connectivity index (χ4v) is 2.11. The zero-order valence-corrected chi connectivity index (χ0v) is 12.4. The first-order valence-corrected chi connectivity index (χ1v) is 5.58. The fourth-order valence-electron chi connectivity index (χ4n) is 2.11. The van der Waals surface area contributed by atoms with Crippen molar-refractivity contribution in [2.24, 2.45) is 0 Å². The Morgan fingerprint density at radius 3 is 2.35 bits per heavy atom. The summed E-state index contributed by atoms with van der Waals surface area (Å²) in [6.45, 7) is 7.65. The maximum Gasteiger partial charge on any atom is 1.00 e. The average Bonchev–Trinajstić information content (AvgIpc) is 2.32. The standard InChI is InChI=1S/C16H16.Na.H/c1-3-7-13-11-12-14-9-5-6-10-16(14)15(13)8-4-2;;/h3-6,9-12H,1-2,7-8H2;;/q;+1;-1. The van der Waals surface area contributed by atoms with Crippen LogP contribution >= 0.6 is 0 Å². The Kier molecular flexibility index (Phi) is 5.70. The van der Waals surface area contributed by atoms with Crippen molar-refractivity contribution >= 4 is 10.8 Å². The van der Waals surface area contributed by atoms with Crippen LogP contribution in [0.25, 0.3) is 10.8 Å². The summed E-state index contributed by atoms with van der Waals surface area (Å²) in [5.41, 5.74) is 2.74. The van der Waals surface area contributed by atoms with Gasteiger partial charge in [-0.05, 0) is 34.7 Å². The second-order valence-corrected chi connectivity index (χ2v) is 3.91. The molecule has 2 rings (SSSR count). The van der Waals surface area contributed by atoms with Gasteiger partial charge in [-0.3, -0.25) is 0 Å². The van der Waals surface area contributed by atoms with Crippen molar-refractivity contribution < 1.29 is 31.0 Å². The third-order valence-corrected chi connectivity index (χ3v) is 2.85. The van der Waals surface area contributed by atoms with Crippen molar-refractivity contribution in [1.29, 1.82) is 0 Å². The molecule has 0 aliphatic carbocycles. The van der Waals surface area contributed by atoms with Crippen LogP contribution in [0.5, 0.6) is 0 Å². The first-order chi connectivity index (χ1) is 7.86. The van der Waals surface area contributed by atoms with E-state index in [1.807, 2.05) is 12.2 Å². The van der Waals surface area contributed by atoms with Crippen LogP contribution in [0.2, 0.25) is 0 Å². The van der Waals surface area contributed by atoms with Gasteiger partial charge in [0.1, 0.15) is 0 Å². The largest absolute Gasteiger partial charge is 1.00 e. The third kappa shape index (κ3) is 3.10. The molecule has 0 aliphatic rings. The Morgan fingerprint density at radius 1 is 0.941 bits per heavy atom. The van der Waals surface area contributed by atoms with Gasteiger partial charge in [-0.1, -0.05) is 48.6 Å². The Hall–Kier alpha value is -0.820. The predicted molar refractivity (Wildman–Crippen MR) is 72.9 cm³/mol. The van der Waals surface area contributed by atoms with Crippen molar-refractivity contribution in [3.63, 3.8) is 0 Å². The van der Waals surface area contributed by atoms with E-state index in [1.165, 1.54) is 21.9 Å². The van der Waals surface area contributed by atoms with E-state index < -0.39 is 0 Å². The summed E-state index contributed by atoms with van der Waals surface area (Å²) in [6.07, 6.45) is 5.77. The smallest absolute Gasteiger partial charge is 1.00 e. The molecule has 0 spiro atoms. The molecule has 0 atom stereocenters. The molecule has 0 amide bonds. The molecule has 0 aliphatic heterocycles. The second-order valence-electron chi connectivity index (χ2n) is 3.91. The van der Waals surface area contributed by atoms with Gasteiger partial charge >= 0.3 is 29.6 Å². The molecule has 0 heterocycles. The van der Waals surface area contributed by atoms with Crippen LogP contribution in [0.1, 0.15) is 12.6 Å². The van der Waals surface area contributed by atoms with Crippen LogP contribution in [0.3, 0.4) is 0 Å². The number of benzene rings is 2. The number of hydrogen-bond acceptors (Lipinski definition) is 0. The van der Waals surface area contributed by atoms with E-state index in [4.69, 9.17) is 0 Å². The Labute approximate surface area is 127 Å². The molecule has 1 heteroatoms. The van der Waals surface area contributed by atoms with Gasteiger partial charge in [-0.2, -0.15) is 0 Å². The zero-order valence-electron chi connectivity index (χ0n) is 11.4. The normalized spacial score (nSPS) is 9.65. The van der Waals surface area contributed by atoms with Crippen molar-refractivity contribution in [3.8, 4) is 0 Å². The van der Waals surface area contributed by atoms with Gasteiger partial charge in [0.2, 0.25) is 0 Å². The molecule has 2 aromatic carbocycles. The third-order valence-electron chi connectivity index (χ3n) is 2.85. The summed E-state index contributed by atoms with van der Waals surface area (Å²) < 4.78 is 0. The van der Waals surface area contributed by atoms with Gasteiger partial charge in [0, 0.05) is 0 Å². The summed E-state index contributed by atoms with van der Waals surface area (Å²) in [5.74, 6) is 0. The molecular formula is C16H17Na. The molecule has 0 unspecified atom stereocenters. The topological polar surface area (TPSA) is 0 Å². The Morgan fingerprint density at radius 2 is 1.65 bits per heavy atom. The number of fused-ring (bicyclic) bond motifs is 1. The van der Waals surface area contributed by atoms with Crippen LogP contribution in [0.15, 0.2) is 61.7 Å². The van der Waals surface area contributed by atoms with Crippen LogP contribution in [-0.2, 0) is 12.8 Å². The molecule has 17 heavy (non-hydrogen) atoms. The average molecular weight is 232 g/mol. The van der Waals surface area contributed by atoms with Gasteiger partial charge in [0.15, 0.2) is 0 Å². The first kappa shape index (κ1) is 14.2. The van der Waals surface area contributed by atoms with Crippen LogP contribution in [0.4, 0.5) is 0 Å². The predicted octanol–water partition coefficient (Wildman–Crippen LogP) is 1.41. The van der Waals surface area contributed by atoms with Crippen molar-refractivity contribution in [2.75, 3.05) is 0 Å². The number of allylic oxidation sites excluding steroid dienone is 2. The van der Waals surface area contributed by atoms with E-state index in [1.54, 1.807) is 0 Å². The van der Waals surface area contributed by atoms with Gasteiger partial charge < -0.3 is 1.43 Å². The van der Waals surface area contributed by atoms with Gasteiger partial charge in [-0.15, -0.1) is 13.2 Å². The molecule has 0 radical (unpaired) electrons. The van der Waals surface area contributed by atoms with E-state index in [2.05, 4.69) is 49.6 Å². The van der Waals surface area contributed by atoms with Gasteiger partial charge in [0.25, 0.3) is 0 Å². The monoisotopic (exact) mass is 232 g/mol. The summed E-state index contributed by atoms with van der Waals surface area (Å²) in [7, 11) is 0. The van der Waals surface area contributed by atoms with Crippen molar-refractivity contribution in [3.05, 3.63) is 72.8 Å². The summed E-state index contributed by atoms with van der Waals surface area (Å²) >= 11 is 0. The molecule has 0 aromatic heterocycles. The van der Waals surface area contributed by atoms with E-state index in [0.29, 0.717) is 0 Å². The van der Waals surface area contributed by atoms with E-state index >= 15 is 0 Å². The quantitative estimate of drug-likeness (QED) is 0.552. The van der Waals surface area contributed by atoms with Crippen LogP contribution in [0, 0.1) is 0 Å². The molecule has 82 valence electrons. The zero-order chi connectivity index (χ0) is 11.4. The molecule has 0 saturated carbocycles. The molecule has 0 fully saturated rings. The van der Waals surface area contributed by atoms with Crippen molar-refractivity contribution in [1.82, 2.24) is 0 Å². The van der Waals surface area contributed by atoms with Crippen LogP contribution in [-0.4, -0.2) is 0 Å². The van der Waals surface area contributed by atoms with Crippen LogP contribution < -0.4 is 29.6 Å². The van der Waals surface area contributed by atoms with E-state index in [0.717, 1.165) is 12.8 Å². The van der Waals surface area contributed by atoms with Crippen molar-refractivity contribution in [2.45, 2.75) is 12.8 Å². The number of hydrogen-bond donors (Lipinski definition) is 0. The summed E-state index contributed by atoms with van der Waals surface area (Å²) in [6, 6.07) is 12.9. The SMILES string of the molecule is C=CCc1ccc2ccccc2c1CC=C.[H-].[Na+]. The fraction of sp³-hybridized carbons (Fsp3) is 0.125. The minimum Gasteiger partial charge on any atom is -1.00 e.